The first-order valence-electron chi connectivity index (χ1n) is 6.96. The molecule has 0 bridgehead atoms. The van der Waals surface area contributed by atoms with Crippen LogP contribution in [0.5, 0.6) is 5.75 Å². The van der Waals surface area contributed by atoms with Crippen molar-refractivity contribution in [3.8, 4) is 5.75 Å². The summed E-state index contributed by atoms with van der Waals surface area (Å²) >= 11 is 6.12. The van der Waals surface area contributed by atoms with Crippen LogP contribution in [0.2, 0.25) is 5.02 Å². The van der Waals surface area contributed by atoms with E-state index in [0.717, 1.165) is 0 Å². The summed E-state index contributed by atoms with van der Waals surface area (Å²) in [5.41, 5.74) is 0.457. The lowest BCUT2D eigenvalue weighted by atomic mass is 10.1. The molecule has 0 atom stereocenters. The molecule has 1 aromatic rings. The number of ketones is 1. The molecule has 21 heavy (non-hydrogen) atoms. The predicted octanol–water partition coefficient (Wildman–Crippen LogP) is 3.90. The highest BCUT2D eigenvalue weighted by Gasteiger charge is 2.12. The summed E-state index contributed by atoms with van der Waals surface area (Å²) in [5.74, 6) is 0.675. The van der Waals surface area contributed by atoms with Crippen LogP contribution in [0.25, 0.3) is 0 Å². The number of hydrogen-bond acceptors (Lipinski definition) is 4. The maximum absolute atomic E-state index is 12.0. The van der Waals surface area contributed by atoms with Gasteiger partial charge in [-0.05, 0) is 30.5 Å². The third-order valence-electron chi connectivity index (χ3n) is 2.84. The number of esters is 1. The monoisotopic (exact) mass is 312 g/mol. The molecule has 5 heteroatoms. The molecular formula is C16H21ClO4. The van der Waals surface area contributed by atoms with E-state index in [1.165, 1.54) is 7.11 Å². The van der Waals surface area contributed by atoms with Crippen LogP contribution in [0.1, 0.15) is 43.5 Å². The molecule has 0 aliphatic heterocycles. The fourth-order valence-corrected chi connectivity index (χ4v) is 1.98. The zero-order valence-electron chi connectivity index (χ0n) is 12.6. The van der Waals surface area contributed by atoms with Crippen LogP contribution in [0.4, 0.5) is 0 Å². The first-order valence-corrected chi connectivity index (χ1v) is 7.34. The minimum Gasteiger partial charge on any atom is -0.493 e. The average molecular weight is 313 g/mol. The molecule has 0 unspecified atom stereocenters. The Balaban J connectivity index is 2.58. The van der Waals surface area contributed by atoms with Gasteiger partial charge in [0.05, 0.1) is 18.7 Å². The van der Waals surface area contributed by atoms with E-state index in [1.54, 1.807) is 18.2 Å². The highest BCUT2D eigenvalue weighted by Crippen LogP contribution is 2.24. The Kier molecular flexibility index (Phi) is 7.23. The molecule has 0 saturated carbocycles. The number of ether oxygens (including phenoxy) is 2. The van der Waals surface area contributed by atoms with Crippen LogP contribution >= 0.6 is 11.6 Å². The number of hydrogen-bond donors (Lipinski definition) is 0. The molecule has 116 valence electrons. The van der Waals surface area contributed by atoms with E-state index >= 15 is 0 Å². The largest absolute Gasteiger partial charge is 0.493 e. The number of carbonyl (C=O) groups is 2. The topological polar surface area (TPSA) is 52.6 Å². The van der Waals surface area contributed by atoms with Crippen LogP contribution < -0.4 is 4.74 Å². The minimum absolute atomic E-state index is 0.0840. The van der Waals surface area contributed by atoms with E-state index in [0.29, 0.717) is 35.3 Å². The molecule has 0 N–H and O–H groups in total. The molecule has 0 amide bonds. The number of methoxy groups -OCH3 is 1. The van der Waals surface area contributed by atoms with Gasteiger partial charge in [-0.3, -0.25) is 9.59 Å². The van der Waals surface area contributed by atoms with Crippen molar-refractivity contribution < 1.29 is 19.1 Å². The molecule has 0 radical (unpaired) electrons. The highest BCUT2D eigenvalue weighted by molar-refractivity contribution is 6.34. The fourth-order valence-electron chi connectivity index (χ4n) is 1.70. The standard InChI is InChI=1S/C16H21ClO4/c1-11(2)10-21-12-7-8-13(14(17)9-12)15(18)5-4-6-16(19)20-3/h7-9,11H,4-6,10H2,1-3H3. The van der Waals surface area contributed by atoms with E-state index < -0.39 is 0 Å². The van der Waals surface area contributed by atoms with E-state index in [1.807, 2.05) is 0 Å². The third kappa shape index (κ3) is 6.17. The minimum atomic E-state index is -0.314. The van der Waals surface area contributed by atoms with Crippen LogP contribution in [-0.2, 0) is 9.53 Å². The summed E-state index contributed by atoms with van der Waals surface area (Å²) in [4.78, 5) is 23.0. The van der Waals surface area contributed by atoms with Crippen molar-refractivity contribution in [1.82, 2.24) is 0 Å². The number of halogens is 1. The zero-order chi connectivity index (χ0) is 15.8. The van der Waals surface area contributed by atoms with E-state index in [9.17, 15) is 9.59 Å². The Morgan fingerprint density at radius 3 is 2.52 bits per heavy atom. The molecule has 0 aliphatic carbocycles. The Bertz CT molecular complexity index is 497. The van der Waals surface area contributed by atoms with Gasteiger partial charge < -0.3 is 9.47 Å². The lowest BCUT2D eigenvalue weighted by molar-refractivity contribution is -0.140. The Labute approximate surface area is 130 Å². The van der Waals surface area contributed by atoms with Crippen molar-refractivity contribution in [2.75, 3.05) is 13.7 Å². The maximum Gasteiger partial charge on any atom is 0.305 e. The van der Waals surface area contributed by atoms with Gasteiger partial charge in [0.25, 0.3) is 0 Å². The van der Waals surface area contributed by atoms with Gasteiger partial charge in [-0.2, -0.15) is 0 Å². The second-order valence-electron chi connectivity index (χ2n) is 5.20. The van der Waals surface area contributed by atoms with Crippen LogP contribution in [0, 0.1) is 5.92 Å². The zero-order valence-corrected chi connectivity index (χ0v) is 13.4. The third-order valence-corrected chi connectivity index (χ3v) is 3.15. The van der Waals surface area contributed by atoms with Crippen molar-refractivity contribution in [3.63, 3.8) is 0 Å². The molecule has 0 fully saturated rings. The lowest BCUT2D eigenvalue weighted by Gasteiger charge is -2.10. The van der Waals surface area contributed by atoms with Crippen LogP contribution in [0.15, 0.2) is 18.2 Å². The van der Waals surface area contributed by atoms with Gasteiger partial charge in [-0.1, -0.05) is 25.4 Å². The molecule has 0 heterocycles. The molecule has 1 rings (SSSR count). The van der Waals surface area contributed by atoms with Crippen molar-refractivity contribution in [1.29, 1.82) is 0 Å². The quantitative estimate of drug-likeness (QED) is 0.539. The number of benzene rings is 1. The number of carbonyl (C=O) groups excluding carboxylic acids is 2. The second kappa shape index (κ2) is 8.67. The van der Waals surface area contributed by atoms with Gasteiger partial charge in [0, 0.05) is 18.4 Å². The van der Waals surface area contributed by atoms with Gasteiger partial charge >= 0.3 is 5.97 Å². The summed E-state index contributed by atoms with van der Waals surface area (Å²) in [6.07, 6.45) is 0.948. The Morgan fingerprint density at radius 2 is 1.95 bits per heavy atom. The van der Waals surface area contributed by atoms with Crippen LogP contribution in [-0.4, -0.2) is 25.5 Å². The molecule has 4 nitrogen and oxygen atoms in total. The van der Waals surface area contributed by atoms with Crippen molar-refractivity contribution in [2.45, 2.75) is 33.1 Å². The van der Waals surface area contributed by atoms with Gasteiger partial charge in [-0.25, -0.2) is 0 Å². The molecule has 1 aromatic carbocycles. The van der Waals surface area contributed by atoms with Gasteiger partial charge in [-0.15, -0.1) is 0 Å². The Hall–Kier alpha value is -1.55. The van der Waals surface area contributed by atoms with Crippen molar-refractivity contribution >= 4 is 23.4 Å². The SMILES string of the molecule is COC(=O)CCCC(=O)c1ccc(OCC(C)C)cc1Cl. The maximum atomic E-state index is 12.0. The van der Waals surface area contributed by atoms with Crippen molar-refractivity contribution in [2.24, 2.45) is 5.92 Å². The van der Waals surface area contributed by atoms with Crippen molar-refractivity contribution in [3.05, 3.63) is 28.8 Å². The molecule has 0 spiro atoms. The van der Waals surface area contributed by atoms with Gasteiger partial charge in [0.1, 0.15) is 5.75 Å². The smallest absolute Gasteiger partial charge is 0.305 e. The molecule has 0 aliphatic rings. The molecular weight excluding hydrogens is 292 g/mol. The summed E-state index contributed by atoms with van der Waals surface area (Å²) in [6.45, 7) is 4.71. The summed E-state index contributed by atoms with van der Waals surface area (Å²) in [6, 6.07) is 5.05. The molecule has 0 saturated heterocycles. The first-order chi connectivity index (χ1) is 9.93. The number of Topliss-reactive ketones (excluding diaryl/α,β-unsaturated/α-hetero) is 1. The average Bonchev–Trinajstić information content (AvgIpc) is 2.44. The normalized spacial score (nSPS) is 10.5. The lowest BCUT2D eigenvalue weighted by Crippen LogP contribution is -2.06. The van der Waals surface area contributed by atoms with E-state index in [-0.39, 0.29) is 24.6 Å². The Morgan fingerprint density at radius 1 is 1.24 bits per heavy atom. The van der Waals surface area contributed by atoms with Gasteiger partial charge in [0.2, 0.25) is 0 Å². The second-order valence-corrected chi connectivity index (χ2v) is 5.61. The first kappa shape index (κ1) is 17.5. The van der Waals surface area contributed by atoms with Crippen LogP contribution in [0.3, 0.4) is 0 Å². The fraction of sp³-hybridized carbons (Fsp3) is 0.500. The summed E-state index contributed by atoms with van der Waals surface area (Å²) < 4.78 is 10.1. The highest BCUT2D eigenvalue weighted by atomic mass is 35.5. The number of rotatable bonds is 8. The van der Waals surface area contributed by atoms with Gasteiger partial charge in [0.15, 0.2) is 5.78 Å². The molecule has 0 aromatic heterocycles. The predicted molar refractivity (Wildman–Crippen MR) is 82.0 cm³/mol. The van der Waals surface area contributed by atoms with E-state index in [4.69, 9.17) is 16.3 Å². The summed E-state index contributed by atoms with van der Waals surface area (Å²) in [5, 5.41) is 0.374. The summed E-state index contributed by atoms with van der Waals surface area (Å²) in [7, 11) is 1.33. The van der Waals surface area contributed by atoms with E-state index in [2.05, 4.69) is 18.6 Å².